The Morgan fingerprint density at radius 3 is 2.34 bits per heavy atom. The van der Waals surface area contributed by atoms with Gasteiger partial charge >= 0.3 is 11.9 Å². The second kappa shape index (κ2) is 11.3. The number of esters is 2. The minimum Gasteiger partial charge on any atom is -0.493 e. The van der Waals surface area contributed by atoms with Crippen LogP contribution in [-0.4, -0.2) is 42.8 Å². The van der Waals surface area contributed by atoms with Gasteiger partial charge in [0.1, 0.15) is 5.75 Å². The lowest BCUT2D eigenvalue weighted by Gasteiger charge is -2.33. The van der Waals surface area contributed by atoms with Gasteiger partial charge in [0.25, 0.3) is 0 Å². The van der Waals surface area contributed by atoms with Crippen molar-refractivity contribution in [2.75, 3.05) is 31.2 Å². The van der Waals surface area contributed by atoms with Crippen LogP contribution >= 0.6 is 0 Å². The van der Waals surface area contributed by atoms with Gasteiger partial charge in [-0.15, -0.1) is 0 Å². The first-order valence-corrected chi connectivity index (χ1v) is 14.5. The number of aromatic nitrogens is 1. The molecule has 0 N–H and O–H groups in total. The zero-order chi connectivity index (χ0) is 29.3. The Morgan fingerprint density at radius 1 is 0.927 bits per heavy atom. The van der Waals surface area contributed by atoms with Crippen LogP contribution in [0.1, 0.15) is 77.7 Å². The Bertz CT molecular complexity index is 1620. The van der Waals surface area contributed by atoms with E-state index in [2.05, 4.69) is 55.4 Å². The minimum absolute atomic E-state index is 0.247. The molecule has 0 bridgehead atoms. The third-order valence-electron chi connectivity index (χ3n) is 8.05. The van der Waals surface area contributed by atoms with E-state index >= 15 is 0 Å². The van der Waals surface area contributed by atoms with Gasteiger partial charge in [-0.1, -0.05) is 24.3 Å². The molecule has 0 radical (unpaired) electrons. The van der Waals surface area contributed by atoms with Crippen molar-refractivity contribution in [3.8, 4) is 5.75 Å². The van der Waals surface area contributed by atoms with Crippen LogP contribution in [0.25, 0.3) is 10.9 Å². The van der Waals surface area contributed by atoms with Crippen LogP contribution in [-0.2, 0) is 21.6 Å². The summed E-state index contributed by atoms with van der Waals surface area (Å²) in [6.45, 7) is 15.3. The number of ether oxygens (including phenoxy) is 3. The minimum atomic E-state index is -1.30. The van der Waals surface area contributed by atoms with Gasteiger partial charge in [0, 0.05) is 64.7 Å². The third kappa shape index (κ3) is 4.44. The number of aryl methyl sites for hydroxylation is 1. The molecule has 1 atom stereocenters. The van der Waals surface area contributed by atoms with Gasteiger partial charge in [-0.25, -0.2) is 9.59 Å². The number of anilines is 1. The normalized spacial score (nSPS) is 16.0. The summed E-state index contributed by atoms with van der Waals surface area (Å²) in [7, 11) is 0. The molecule has 7 heteroatoms. The average molecular weight is 555 g/mol. The lowest BCUT2D eigenvalue weighted by Crippen LogP contribution is -2.31. The fourth-order valence-electron chi connectivity index (χ4n) is 6.28. The highest BCUT2D eigenvalue weighted by molar-refractivity contribution is 6.01. The second-order valence-corrected chi connectivity index (χ2v) is 10.1. The fourth-order valence-corrected chi connectivity index (χ4v) is 6.28. The van der Waals surface area contributed by atoms with Gasteiger partial charge in [0.05, 0.1) is 24.3 Å². The first kappa shape index (κ1) is 28.3. The molecule has 7 nitrogen and oxygen atoms in total. The number of rotatable bonds is 10. The van der Waals surface area contributed by atoms with E-state index in [1.54, 1.807) is 19.1 Å². The van der Waals surface area contributed by atoms with E-state index in [0.29, 0.717) is 29.0 Å². The molecule has 2 heterocycles. The molecule has 4 aromatic rings. The molecule has 1 aromatic heterocycles. The molecule has 1 aliphatic heterocycles. The predicted octanol–water partition coefficient (Wildman–Crippen LogP) is 6.85. The summed E-state index contributed by atoms with van der Waals surface area (Å²) in [5, 5.41) is 0.997. The Morgan fingerprint density at radius 2 is 1.66 bits per heavy atom. The van der Waals surface area contributed by atoms with E-state index < -0.39 is 17.5 Å². The van der Waals surface area contributed by atoms with E-state index in [1.807, 2.05) is 37.3 Å². The van der Waals surface area contributed by atoms with Gasteiger partial charge in [0.15, 0.2) is 5.60 Å². The molecule has 0 aliphatic carbocycles. The molecule has 0 amide bonds. The summed E-state index contributed by atoms with van der Waals surface area (Å²) in [5.74, 6) is -0.313. The van der Waals surface area contributed by atoms with E-state index in [-0.39, 0.29) is 6.61 Å². The average Bonchev–Trinajstić information content (AvgIpc) is 3.44. The van der Waals surface area contributed by atoms with Crippen LogP contribution in [0.15, 0.2) is 60.7 Å². The fraction of sp³-hybridized carbons (Fsp3) is 0.353. The molecule has 1 aliphatic rings. The van der Waals surface area contributed by atoms with E-state index in [1.165, 1.54) is 0 Å². The molecule has 41 heavy (non-hydrogen) atoms. The molecule has 1 unspecified atom stereocenters. The molecule has 5 rings (SSSR count). The molecule has 0 saturated carbocycles. The molecule has 214 valence electrons. The Hall–Kier alpha value is -4.26. The van der Waals surface area contributed by atoms with Crippen LogP contribution in [0.4, 0.5) is 5.69 Å². The van der Waals surface area contributed by atoms with E-state index in [0.717, 1.165) is 53.0 Å². The maximum absolute atomic E-state index is 13.8. The number of carbonyl (C=O) groups excluding carboxylic acids is 2. The van der Waals surface area contributed by atoms with Crippen molar-refractivity contribution >= 4 is 28.5 Å². The zero-order valence-electron chi connectivity index (χ0n) is 24.7. The first-order valence-electron chi connectivity index (χ1n) is 14.5. The molecule has 3 aromatic carbocycles. The van der Waals surface area contributed by atoms with E-state index in [4.69, 9.17) is 14.2 Å². The first-order chi connectivity index (χ1) is 19.9. The number of benzene rings is 3. The van der Waals surface area contributed by atoms with Gasteiger partial charge < -0.3 is 23.7 Å². The third-order valence-corrected chi connectivity index (χ3v) is 8.05. The summed E-state index contributed by atoms with van der Waals surface area (Å²) >= 11 is 0. The molecule has 0 fully saturated rings. The quantitative estimate of drug-likeness (QED) is 0.200. The Kier molecular flexibility index (Phi) is 7.80. The number of nitrogens with zero attached hydrogens (tertiary/aromatic N) is 2. The number of fused-ring (bicyclic) bond motifs is 2. The van der Waals surface area contributed by atoms with Crippen LogP contribution in [0.5, 0.6) is 5.75 Å². The van der Waals surface area contributed by atoms with Gasteiger partial charge in [-0.2, -0.15) is 0 Å². The van der Waals surface area contributed by atoms with Gasteiger partial charge in [-0.3, -0.25) is 0 Å². The van der Waals surface area contributed by atoms with Crippen molar-refractivity contribution in [3.63, 3.8) is 0 Å². The number of hydrogen-bond acceptors (Lipinski definition) is 6. The highest BCUT2D eigenvalue weighted by atomic mass is 16.6. The summed E-state index contributed by atoms with van der Waals surface area (Å²) in [5.41, 5.74) is 4.77. The maximum Gasteiger partial charge on any atom is 0.340 e. The summed E-state index contributed by atoms with van der Waals surface area (Å²) in [6.07, 6.45) is 0. The maximum atomic E-state index is 13.8. The standard InChI is InChI=1S/C34H38N2O5/c1-7-35(8-2)24-17-19-28(30(21-24)39-10-4)34(31-22(6)36(9-3)29-15-13-12-14-25(29)31)27-18-16-23(32(37)40-11-5)20-26(27)33(38)41-34/h12-21H,7-11H2,1-6H3. The van der Waals surface area contributed by atoms with Crippen molar-refractivity contribution in [2.24, 2.45) is 0 Å². The highest BCUT2D eigenvalue weighted by Crippen LogP contribution is 2.53. The number of carbonyl (C=O) groups is 2. The van der Waals surface area contributed by atoms with Crippen LogP contribution < -0.4 is 9.64 Å². The lowest BCUT2D eigenvalue weighted by molar-refractivity contribution is 0.0246. The summed E-state index contributed by atoms with van der Waals surface area (Å²) < 4.78 is 20.4. The highest BCUT2D eigenvalue weighted by Gasteiger charge is 2.52. The predicted molar refractivity (Wildman–Crippen MR) is 161 cm³/mol. The van der Waals surface area contributed by atoms with Crippen LogP contribution in [0, 0.1) is 6.92 Å². The van der Waals surface area contributed by atoms with Gasteiger partial charge in [0.2, 0.25) is 0 Å². The molecule has 0 spiro atoms. The van der Waals surface area contributed by atoms with Crippen molar-refractivity contribution in [1.29, 1.82) is 0 Å². The topological polar surface area (TPSA) is 70.0 Å². The summed E-state index contributed by atoms with van der Waals surface area (Å²) in [6, 6.07) is 19.5. The smallest absolute Gasteiger partial charge is 0.340 e. The number of cyclic esters (lactones) is 1. The molecular formula is C34H38N2O5. The molecule has 0 saturated heterocycles. The molecular weight excluding hydrogens is 516 g/mol. The van der Waals surface area contributed by atoms with Crippen molar-refractivity contribution in [3.05, 3.63) is 94.2 Å². The summed E-state index contributed by atoms with van der Waals surface area (Å²) in [4.78, 5) is 28.7. The number of hydrogen-bond donors (Lipinski definition) is 0. The van der Waals surface area contributed by atoms with Crippen LogP contribution in [0.3, 0.4) is 0 Å². The largest absolute Gasteiger partial charge is 0.493 e. The Labute approximate surface area is 241 Å². The van der Waals surface area contributed by atoms with Gasteiger partial charge in [-0.05, 0) is 71.9 Å². The van der Waals surface area contributed by atoms with Crippen LogP contribution in [0.2, 0.25) is 0 Å². The van der Waals surface area contributed by atoms with Crippen molar-refractivity contribution in [2.45, 2.75) is 53.7 Å². The zero-order valence-corrected chi connectivity index (χ0v) is 24.7. The van der Waals surface area contributed by atoms with E-state index in [9.17, 15) is 9.59 Å². The second-order valence-electron chi connectivity index (χ2n) is 10.1. The monoisotopic (exact) mass is 554 g/mol. The Balaban J connectivity index is 1.88. The lowest BCUT2D eigenvalue weighted by atomic mass is 9.77. The van der Waals surface area contributed by atoms with Crippen molar-refractivity contribution in [1.82, 2.24) is 4.57 Å². The number of para-hydroxylation sites is 1. The van der Waals surface area contributed by atoms with Crippen molar-refractivity contribution < 1.29 is 23.8 Å². The SMILES string of the molecule is CCOC(=O)c1ccc2c(c1)C(=O)OC2(c1ccc(N(CC)CC)cc1OCC)c1c(C)n(CC)c2ccccc12.